The van der Waals surface area contributed by atoms with Crippen LogP contribution in [0.4, 0.5) is 5.69 Å². The summed E-state index contributed by atoms with van der Waals surface area (Å²) in [6, 6.07) is 5.63. The van der Waals surface area contributed by atoms with Gasteiger partial charge in [0.15, 0.2) is 0 Å². The Labute approximate surface area is 126 Å². The Balaban J connectivity index is 2.03. The first kappa shape index (κ1) is 15.6. The van der Waals surface area contributed by atoms with E-state index in [1.54, 1.807) is 25.3 Å². The highest BCUT2D eigenvalue weighted by molar-refractivity contribution is 5.96. The molecule has 116 valence electrons. The molecule has 1 aromatic carbocycles. The summed E-state index contributed by atoms with van der Waals surface area (Å²) in [7, 11) is 1.57. The molecule has 1 heterocycles. The molecule has 1 aliphatic heterocycles. The van der Waals surface area contributed by atoms with Gasteiger partial charge in [-0.25, -0.2) is 0 Å². The molecule has 2 N–H and O–H groups in total. The lowest BCUT2D eigenvalue weighted by Crippen LogP contribution is -2.34. The maximum atomic E-state index is 12.3. The minimum Gasteiger partial charge on any atom is -0.445 e. The highest BCUT2D eigenvalue weighted by Crippen LogP contribution is 2.32. The molecule has 1 aromatic rings. The number of carbonyl (C=O) groups excluding carboxylic acids is 1. The van der Waals surface area contributed by atoms with Crippen LogP contribution in [0.5, 0.6) is 5.75 Å². The fourth-order valence-corrected chi connectivity index (χ4v) is 2.52. The molecule has 1 aliphatic rings. The Morgan fingerprint density at radius 3 is 2.71 bits per heavy atom. The van der Waals surface area contributed by atoms with Crippen LogP contribution >= 0.6 is 0 Å². The van der Waals surface area contributed by atoms with Gasteiger partial charge in [-0.1, -0.05) is 26.7 Å². The zero-order valence-electron chi connectivity index (χ0n) is 12.9. The normalized spacial score (nSPS) is 16.3. The SMILES string of the molecule is CCCC(CCC)NC(=O)c1ccc2c(c1)NC(OC)O2. The van der Waals surface area contributed by atoms with Crippen molar-refractivity contribution in [3.8, 4) is 5.75 Å². The molecule has 0 aromatic heterocycles. The van der Waals surface area contributed by atoms with Crippen LogP contribution in [0.3, 0.4) is 0 Å². The Morgan fingerprint density at radius 2 is 2.10 bits per heavy atom. The van der Waals surface area contributed by atoms with Gasteiger partial charge in [-0.3, -0.25) is 4.79 Å². The largest absolute Gasteiger partial charge is 0.445 e. The smallest absolute Gasteiger partial charge is 0.281 e. The molecule has 2 rings (SSSR count). The molecule has 1 amide bonds. The van der Waals surface area contributed by atoms with E-state index in [4.69, 9.17) is 9.47 Å². The minimum absolute atomic E-state index is 0.0348. The third-order valence-corrected chi connectivity index (χ3v) is 3.57. The van der Waals surface area contributed by atoms with Crippen molar-refractivity contribution in [1.29, 1.82) is 0 Å². The molecule has 0 saturated carbocycles. The Bertz CT molecular complexity index is 484. The first-order chi connectivity index (χ1) is 10.2. The Hall–Kier alpha value is -1.75. The number of benzene rings is 1. The van der Waals surface area contributed by atoms with E-state index in [1.165, 1.54) is 0 Å². The highest BCUT2D eigenvalue weighted by atomic mass is 16.7. The van der Waals surface area contributed by atoms with Gasteiger partial charge in [0.05, 0.1) is 5.69 Å². The van der Waals surface area contributed by atoms with E-state index >= 15 is 0 Å². The molecule has 21 heavy (non-hydrogen) atoms. The summed E-state index contributed by atoms with van der Waals surface area (Å²) in [4.78, 5) is 12.3. The van der Waals surface area contributed by atoms with Crippen LogP contribution in [0, 0.1) is 0 Å². The van der Waals surface area contributed by atoms with Gasteiger partial charge in [0, 0.05) is 18.7 Å². The van der Waals surface area contributed by atoms with Crippen LogP contribution in [0.2, 0.25) is 0 Å². The molecule has 0 radical (unpaired) electrons. The van der Waals surface area contributed by atoms with E-state index in [2.05, 4.69) is 24.5 Å². The van der Waals surface area contributed by atoms with Crippen molar-refractivity contribution in [2.24, 2.45) is 0 Å². The topological polar surface area (TPSA) is 59.6 Å². The van der Waals surface area contributed by atoms with Crippen LogP contribution in [-0.2, 0) is 4.74 Å². The third-order valence-electron chi connectivity index (χ3n) is 3.57. The van der Waals surface area contributed by atoms with Crippen LogP contribution < -0.4 is 15.4 Å². The minimum atomic E-state index is -0.480. The summed E-state index contributed by atoms with van der Waals surface area (Å²) < 4.78 is 10.6. The average molecular weight is 292 g/mol. The van der Waals surface area contributed by atoms with E-state index in [9.17, 15) is 4.79 Å². The zero-order valence-corrected chi connectivity index (χ0v) is 12.9. The van der Waals surface area contributed by atoms with Crippen LogP contribution in [0.15, 0.2) is 18.2 Å². The number of carbonyl (C=O) groups is 1. The van der Waals surface area contributed by atoms with Crippen LogP contribution in [0.25, 0.3) is 0 Å². The number of fused-ring (bicyclic) bond motifs is 1. The van der Waals surface area contributed by atoms with Crippen molar-refractivity contribution in [2.75, 3.05) is 12.4 Å². The van der Waals surface area contributed by atoms with Crippen molar-refractivity contribution >= 4 is 11.6 Å². The highest BCUT2D eigenvalue weighted by Gasteiger charge is 2.22. The van der Waals surface area contributed by atoms with Crippen LogP contribution in [-0.4, -0.2) is 25.5 Å². The van der Waals surface area contributed by atoms with E-state index in [0.717, 1.165) is 31.4 Å². The molecule has 0 saturated heterocycles. The van der Waals surface area contributed by atoms with Gasteiger partial charge in [-0.05, 0) is 31.0 Å². The van der Waals surface area contributed by atoms with Gasteiger partial charge < -0.3 is 20.1 Å². The number of ether oxygens (including phenoxy) is 2. The monoisotopic (exact) mass is 292 g/mol. The van der Waals surface area contributed by atoms with Gasteiger partial charge in [0.2, 0.25) is 0 Å². The second-order valence-corrected chi connectivity index (χ2v) is 5.29. The number of amides is 1. The lowest BCUT2D eigenvalue weighted by Gasteiger charge is -2.17. The lowest BCUT2D eigenvalue weighted by atomic mass is 10.1. The third kappa shape index (κ3) is 3.88. The maximum Gasteiger partial charge on any atom is 0.281 e. The van der Waals surface area contributed by atoms with E-state index in [1.807, 2.05) is 0 Å². The predicted molar refractivity (Wildman–Crippen MR) is 82.6 cm³/mol. The van der Waals surface area contributed by atoms with Crippen molar-refractivity contribution in [2.45, 2.75) is 52.0 Å². The van der Waals surface area contributed by atoms with Crippen molar-refractivity contribution in [3.05, 3.63) is 23.8 Å². The van der Waals surface area contributed by atoms with Crippen LogP contribution in [0.1, 0.15) is 49.9 Å². The fraction of sp³-hybridized carbons (Fsp3) is 0.562. The Morgan fingerprint density at radius 1 is 1.38 bits per heavy atom. The van der Waals surface area contributed by atoms with Gasteiger partial charge in [0.1, 0.15) is 5.75 Å². The van der Waals surface area contributed by atoms with E-state index in [0.29, 0.717) is 11.3 Å². The summed E-state index contributed by atoms with van der Waals surface area (Å²) in [5, 5.41) is 6.17. The van der Waals surface area contributed by atoms with Crippen molar-refractivity contribution < 1.29 is 14.3 Å². The molecule has 5 nitrogen and oxygen atoms in total. The Kier molecular flexibility index (Phi) is 5.44. The second-order valence-electron chi connectivity index (χ2n) is 5.29. The number of methoxy groups -OCH3 is 1. The molecular formula is C16H24N2O3. The number of hydrogen-bond acceptors (Lipinski definition) is 4. The van der Waals surface area contributed by atoms with Gasteiger partial charge in [0.25, 0.3) is 12.3 Å². The van der Waals surface area contributed by atoms with Gasteiger partial charge in [-0.15, -0.1) is 0 Å². The van der Waals surface area contributed by atoms with Crippen molar-refractivity contribution in [3.63, 3.8) is 0 Å². The molecule has 1 unspecified atom stereocenters. The molecule has 0 aliphatic carbocycles. The first-order valence-electron chi connectivity index (χ1n) is 7.58. The standard InChI is InChI=1S/C16H24N2O3/c1-4-6-12(7-5-2)17-15(19)11-8-9-14-13(10-11)18-16(20-3)21-14/h8-10,12,16,18H,4-7H2,1-3H3,(H,17,19). The van der Waals surface area contributed by atoms with Gasteiger partial charge in [-0.2, -0.15) is 0 Å². The molecule has 0 bridgehead atoms. The number of nitrogens with one attached hydrogen (secondary N) is 2. The van der Waals surface area contributed by atoms with E-state index < -0.39 is 6.41 Å². The van der Waals surface area contributed by atoms with Crippen molar-refractivity contribution in [1.82, 2.24) is 5.32 Å². The van der Waals surface area contributed by atoms with Gasteiger partial charge >= 0.3 is 0 Å². The summed E-state index contributed by atoms with van der Waals surface area (Å²) in [6.07, 6.45) is 3.68. The molecular weight excluding hydrogens is 268 g/mol. The number of anilines is 1. The molecule has 5 heteroatoms. The average Bonchev–Trinajstić information content (AvgIpc) is 2.89. The molecule has 0 fully saturated rings. The summed E-state index contributed by atoms with van der Waals surface area (Å²) in [5.74, 6) is 0.671. The summed E-state index contributed by atoms with van der Waals surface area (Å²) >= 11 is 0. The number of rotatable bonds is 7. The molecule has 0 spiro atoms. The molecule has 1 atom stereocenters. The second kappa shape index (κ2) is 7.31. The summed E-state index contributed by atoms with van der Waals surface area (Å²) in [6.45, 7) is 4.27. The fourth-order valence-electron chi connectivity index (χ4n) is 2.52. The predicted octanol–water partition coefficient (Wildman–Crippen LogP) is 3.12. The van der Waals surface area contributed by atoms with E-state index in [-0.39, 0.29) is 11.9 Å². The summed E-state index contributed by atoms with van der Waals surface area (Å²) in [5.41, 5.74) is 1.43. The maximum absolute atomic E-state index is 12.3. The quantitative estimate of drug-likeness (QED) is 0.810. The first-order valence-corrected chi connectivity index (χ1v) is 7.58. The number of hydrogen-bond donors (Lipinski definition) is 2. The zero-order chi connectivity index (χ0) is 15.2. The lowest BCUT2D eigenvalue weighted by molar-refractivity contribution is -0.0196.